The number of halogens is 1. The first-order valence-electron chi connectivity index (χ1n) is 7.63. The van der Waals surface area contributed by atoms with Crippen LogP contribution in [-0.2, 0) is 6.54 Å². The Morgan fingerprint density at radius 2 is 2.17 bits per heavy atom. The highest BCUT2D eigenvalue weighted by atomic mass is 35.5. The van der Waals surface area contributed by atoms with Crippen molar-refractivity contribution in [1.29, 1.82) is 0 Å². The Morgan fingerprint density at radius 1 is 1.26 bits per heavy atom. The summed E-state index contributed by atoms with van der Waals surface area (Å²) >= 11 is 7.88. The number of aromatic nitrogens is 2. The molecule has 0 spiro atoms. The van der Waals surface area contributed by atoms with E-state index in [1.807, 2.05) is 35.7 Å². The Kier molecular flexibility index (Phi) is 4.16. The topological polar surface area (TPSA) is 42.2 Å². The highest BCUT2D eigenvalue weighted by molar-refractivity contribution is 7.13. The molecule has 0 radical (unpaired) electrons. The van der Waals surface area contributed by atoms with Gasteiger partial charge in [-0.1, -0.05) is 41.0 Å². The molecule has 0 amide bonds. The summed E-state index contributed by atoms with van der Waals surface area (Å²) < 4.78 is 5.49. The normalized spacial score (nSPS) is 18.6. The van der Waals surface area contributed by atoms with Crippen molar-refractivity contribution >= 4 is 22.9 Å². The third-order valence-corrected chi connectivity index (χ3v) is 5.39. The van der Waals surface area contributed by atoms with Crippen molar-refractivity contribution < 1.29 is 4.52 Å². The van der Waals surface area contributed by atoms with E-state index in [9.17, 15) is 0 Å². The Labute approximate surface area is 143 Å². The smallest absolute Gasteiger partial charge is 0.231 e. The van der Waals surface area contributed by atoms with Gasteiger partial charge in [0, 0.05) is 18.1 Å². The first kappa shape index (κ1) is 14.9. The van der Waals surface area contributed by atoms with Crippen LogP contribution in [0.5, 0.6) is 0 Å². The van der Waals surface area contributed by atoms with E-state index in [-0.39, 0.29) is 0 Å². The summed E-state index contributed by atoms with van der Waals surface area (Å²) in [4.78, 5) is 8.01. The molecule has 0 aliphatic carbocycles. The fourth-order valence-electron chi connectivity index (χ4n) is 2.95. The molecule has 1 aromatic carbocycles. The molecule has 23 heavy (non-hydrogen) atoms. The van der Waals surface area contributed by atoms with Crippen LogP contribution in [0.3, 0.4) is 0 Å². The van der Waals surface area contributed by atoms with Gasteiger partial charge in [-0.2, -0.15) is 4.98 Å². The Balaban J connectivity index is 1.43. The molecule has 1 aliphatic heterocycles. The Morgan fingerprint density at radius 3 is 3.00 bits per heavy atom. The Hall–Kier alpha value is -1.69. The molecule has 0 saturated carbocycles. The summed E-state index contributed by atoms with van der Waals surface area (Å²) in [7, 11) is 0. The van der Waals surface area contributed by atoms with E-state index >= 15 is 0 Å². The predicted molar refractivity (Wildman–Crippen MR) is 91.7 cm³/mol. The van der Waals surface area contributed by atoms with E-state index in [4.69, 9.17) is 16.1 Å². The number of nitrogens with zero attached hydrogens (tertiary/aromatic N) is 3. The highest BCUT2D eigenvalue weighted by Crippen LogP contribution is 2.30. The molecule has 1 fully saturated rings. The number of thiophene rings is 1. The quantitative estimate of drug-likeness (QED) is 0.701. The van der Waals surface area contributed by atoms with Crippen LogP contribution in [0.2, 0.25) is 5.02 Å². The van der Waals surface area contributed by atoms with E-state index in [0.29, 0.717) is 11.7 Å². The van der Waals surface area contributed by atoms with Gasteiger partial charge in [0.15, 0.2) is 0 Å². The average Bonchev–Trinajstić information content (AvgIpc) is 3.30. The largest absolute Gasteiger partial charge is 0.339 e. The second-order valence-electron chi connectivity index (χ2n) is 5.75. The van der Waals surface area contributed by atoms with Crippen LogP contribution in [0, 0.1) is 0 Å². The maximum atomic E-state index is 6.25. The first-order valence-corrected chi connectivity index (χ1v) is 8.88. The van der Waals surface area contributed by atoms with Gasteiger partial charge in [0.05, 0.1) is 10.8 Å². The minimum atomic E-state index is 0.304. The number of rotatable bonds is 4. The van der Waals surface area contributed by atoms with Crippen LogP contribution in [0.1, 0.15) is 23.8 Å². The van der Waals surface area contributed by atoms with Gasteiger partial charge in [-0.3, -0.25) is 4.90 Å². The van der Waals surface area contributed by atoms with Crippen LogP contribution in [-0.4, -0.2) is 28.1 Å². The molecule has 118 valence electrons. The summed E-state index contributed by atoms with van der Waals surface area (Å²) in [5, 5.41) is 6.96. The second-order valence-corrected chi connectivity index (χ2v) is 7.10. The fraction of sp³-hybridized carbons (Fsp3) is 0.294. The van der Waals surface area contributed by atoms with Gasteiger partial charge in [0.1, 0.15) is 0 Å². The van der Waals surface area contributed by atoms with Crippen LogP contribution in [0.4, 0.5) is 0 Å². The SMILES string of the molecule is Clc1ccccc1CN1CC[C@@H](c2nc(-c3cccs3)no2)C1. The lowest BCUT2D eigenvalue weighted by Gasteiger charge is -2.16. The first-order chi connectivity index (χ1) is 11.3. The summed E-state index contributed by atoms with van der Waals surface area (Å²) in [6.07, 6.45) is 1.04. The van der Waals surface area contributed by atoms with Crippen molar-refractivity contribution in [2.75, 3.05) is 13.1 Å². The molecule has 1 aliphatic rings. The van der Waals surface area contributed by atoms with Gasteiger partial charge in [0.25, 0.3) is 0 Å². The van der Waals surface area contributed by atoms with E-state index in [2.05, 4.69) is 21.1 Å². The molecule has 4 nitrogen and oxygen atoms in total. The second kappa shape index (κ2) is 6.43. The minimum absolute atomic E-state index is 0.304. The van der Waals surface area contributed by atoms with Gasteiger partial charge < -0.3 is 4.52 Å². The van der Waals surface area contributed by atoms with Crippen LogP contribution in [0.25, 0.3) is 10.7 Å². The molecule has 2 aromatic heterocycles. The molecular weight excluding hydrogens is 330 g/mol. The van der Waals surface area contributed by atoms with Crippen LogP contribution >= 0.6 is 22.9 Å². The maximum Gasteiger partial charge on any atom is 0.231 e. The third kappa shape index (κ3) is 3.17. The van der Waals surface area contributed by atoms with Crippen molar-refractivity contribution in [1.82, 2.24) is 15.0 Å². The van der Waals surface area contributed by atoms with E-state index in [0.717, 1.165) is 41.8 Å². The minimum Gasteiger partial charge on any atom is -0.339 e. The van der Waals surface area contributed by atoms with Crippen molar-refractivity contribution in [3.05, 3.63) is 58.3 Å². The van der Waals surface area contributed by atoms with Gasteiger partial charge in [-0.05, 0) is 36.0 Å². The number of benzene rings is 1. The molecule has 3 heterocycles. The number of likely N-dealkylation sites (tertiary alicyclic amines) is 1. The number of hydrogen-bond donors (Lipinski definition) is 0. The van der Waals surface area contributed by atoms with Crippen LogP contribution in [0.15, 0.2) is 46.3 Å². The Bertz CT molecular complexity index is 787. The van der Waals surface area contributed by atoms with Crippen molar-refractivity contribution in [3.63, 3.8) is 0 Å². The summed E-state index contributed by atoms with van der Waals surface area (Å²) in [6, 6.07) is 12.0. The number of hydrogen-bond acceptors (Lipinski definition) is 5. The molecule has 6 heteroatoms. The molecule has 1 atom stereocenters. The maximum absolute atomic E-state index is 6.25. The lowest BCUT2D eigenvalue weighted by atomic mass is 10.1. The molecule has 1 saturated heterocycles. The van der Waals surface area contributed by atoms with Crippen molar-refractivity contribution in [2.45, 2.75) is 18.9 Å². The van der Waals surface area contributed by atoms with E-state index in [1.165, 1.54) is 5.56 Å². The van der Waals surface area contributed by atoms with Gasteiger partial charge in [-0.15, -0.1) is 11.3 Å². The molecule has 3 aromatic rings. The van der Waals surface area contributed by atoms with Gasteiger partial charge >= 0.3 is 0 Å². The summed E-state index contributed by atoms with van der Waals surface area (Å²) in [5.41, 5.74) is 1.17. The van der Waals surface area contributed by atoms with Gasteiger partial charge in [-0.25, -0.2) is 0 Å². The zero-order valence-corrected chi connectivity index (χ0v) is 14.1. The summed E-state index contributed by atoms with van der Waals surface area (Å²) in [5.74, 6) is 1.74. The van der Waals surface area contributed by atoms with E-state index < -0.39 is 0 Å². The fourth-order valence-corrected chi connectivity index (χ4v) is 3.80. The monoisotopic (exact) mass is 345 g/mol. The summed E-state index contributed by atoms with van der Waals surface area (Å²) in [6.45, 7) is 2.81. The molecular formula is C17H16ClN3OS. The van der Waals surface area contributed by atoms with Crippen molar-refractivity contribution in [2.24, 2.45) is 0 Å². The van der Waals surface area contributed by atoms with Gasteiger partial charge in [0.2, 0.25) is 11.7 Å². The highest BCUT2D eigenvalue weighted by Gasteiger charge is 2.28. The van der Waals surface area contributed by atoms with E-state index in [1.54, 1.807) is 11.3 Å². The molecule has 4 rings (SSSR count). The standard InChI is InChI=1S/C17H16ClN3OS/c18-14-5-2-1-4-12(14)10-21-8-7-13(11-21)17-19-16(20-22-17)15-6-3-9-23-15/h1-6,9,13H,7-8,10-11H2/t13-/m1/s1. The van der Waals surface area contributed by atoms with Crippen LogP contribution < -0.4 is 0 Å². The average molecular weight is 346 g/mol. The molecule has 0 N–H and O–H groups in total. The van der Waals surface area contributed by atoms with Crippen molar-refractivity contribution in [3.8, 4) is 10.7 Å². The zero-order valence-electron chi connectivity index (χ0n) is 12.5. The zero-order chi connectivity index (χ0) is 15.6. The lowest BCUT2D eigenvalue weighted by Crippen LogP contribution is -2.20. The lowest BCUT2D eigenvalue weighted by molar-refractivity contribution is 0.309. The third-order valence-electron chi connectivity index (χ3n) is 4.16. The predicted octanol–water partition coefficient (Wildman–Crippen LogP) is 4.44. The molecule has 0 bridgehead atoms. The molecule has 0 unspecified atom stereocenters.